The fraction of sp³-hybridized carbons (Fsp3) is 0.333. The second-order valence-corrected chi connectivity index (χ2v) is 7.58. The number of amides is 1. The molecule has 0 unspecified atom stereocenters. The number of oxime groups is 1. The molecule has 31 heavy (non-hydrogen) atoms. The van der Waals surface area contributed by atoms with Crippen LogP contribution in [0.3, 0.4) is 0 Å². The van der Waals surface area contributed by atoms with Crippen molar-refractivity contribution in [2.24, 2.45) is 5.16 Å². The summed E-state index contributed by atoms with van der Waals surface area (Å²) >= 11 is 5.69. The molecule has 10 heteroatoms. The lowest BCUT2D eigenvalue weighted by Gasteiger charge is -2.24. The maximum atomic E-state index is 14.6. The second kappa shape index (κ2) is 8.97. The number of rotatable bonds is 5. The Morgan fingerprint density at radius 2 is 2.06 bits per heavy atom. The molecule has 1 saturated heterocycles. The minimum Gasteiger partial charge on any atom is -0.497 e. The lowest BCUT2D eigenvalue weighted by Crippen LogP contribution is -2.45. The van der Waals surface area contributed by atoms with Crippen molar-refractivity contribution >= 4 is 23.5 Å². The number of nitrogens with one attached hydrogen (secondary N) is 1. The number of methoxy groups -OCH3 is 1. The number of halogens is 3. The standard InChI is InChI=1S/C21H20ClF2N3O4/c1-29-13-4-2-12(3-5-13)11-30-21(28)25-19-15(10-27-6-7-31-26-20(19)27)14-8-18(24)16(22)9-17(14)23/h2-5,8-9,15,19H,6-7,10-11H2,1H3,(H,25,28)/t15-,19-/m0/s1. The summed E-state index contributed by atoms with van der Waals surface area (Å²) in [5, 5.41) is 6.44. The van der Waals surface area contributed by atoms with Gasteiger partial charge in [0.15, 0.2) is 5.84 Å². The first-order valence-corrected chi connectivity index (χ1v) is 9.99. The molecular weight excluding hydrogens is 432 g/mol. The number of fused-ring (bicyclic) bond motifs is 1. The molecule has 4 rings (SSSR count). The van der Waals surface area contributed by atoms with Crippen LogP contribution >= 0.6 is 11.6 Å². The number of amidine groups is 1. The van der Waals surface area contributed by atoms with E-state index in [1.165, 1.54) is 0 Å². The van der Waals surface area contributed by atoms with Gasteiger partial charge in [-0.2, -0.15) is 0 Å². The van der Waals surface area contributed by atoms with Crippen molar-refractivity contribution < 1.29 is 27.9 Å². The van der Waals surface area contributed by atoms with Gasteiger partial charge in [-0.15, -0.1) is 0 Å². The van der Waals surface area contributed by atoms with E-state index < -0.39 is 29.7 Å². The van der Waals surface area contributed by atoms with Crippen molar-refractivity contribution in [3.63, 3.8) is 0 Å². The van der Waals surface area contributed by atoms with Gasteiger partial charge >= 0.3 is 6.09 Å². The van der Waals surface area contributed by atoms with Crippen LogP contribution in [0.1, 0.15) is 17.0 Å². The van der Waals surface area contributed by atoms with E-state index in [2.05, 4.69) is 10.5 Å². The summed E-state index contributed by atoms with van der Waals surface area (Å²) in [5.74, 6) is -0.860. The molecule has 2 aromatic rings. The molecule has 0 spiro atoms. The number of carbonyl (C=O) groups is 1. The van der Waals surface area contributed by atoms with Crippen LogP contribution in [0.4, 0.5) is 13.6 Å². The lowest BCUT2D eigenvalue weighted by molar-refractivity contribution is 0.105. The largest absolute Gasteiger partial charge is 0.497 e. The molecule has 1 N–H and O–H groups in total. The van der Waals surface area contributed by atoms with Crippen molar-refractivity contribution in [3.8, 4) is 5.75 Å². The molecule has 164 valence electrons. The third-order valence-electron chi connectivity index (χ3n) is 5.27. The van der Waals surface area contributed by atoms with Crippen LogP contribution < -0.4 is 10.1 Å². The van der Waals surface area contributed by atoms with Gasteiger partial charge in [-0.3, -0.25) is 0 Å². The molecule has 0 saturated carbocycles. The van der Waals surface area contributed by atoms with Crippen LogP contribution in [-0.4, -0.2) is 49.7 Å². The van der Waals surface area contributed by atoms with E-state index in [0.717, 1.165) is 17.7 Å². The Bertz CT molecular complexity index is 1000. The maximum absolute atomic E-state index is 14.6. The third-order valence-corrected chi connectivity index (χ3v) is 5.56. The fourth-order valence-corrected chi connectivity index (χ4v) is 3.85. The maximum Gasteiger partial charge on any atom is 0.408 e. The van der Waals surface area contributed by atoms with Crippen molar-refractivity contribution in [2.75, 3.05) is 26.8 Å². The third kappa shape index (κ3) is 4.51. The first kappa shape index (κ1) is 21.2. The smallest absolute Gasteiger partial charge is 0.408 e. The quantitative estimate of drug-likeness (QED) is 0.702. The van der Waals surface area contributed by atoms with Gasteiger partial charge in [0.05, 0.1) is 18.7 Å². The van der Waals surface area contributed by atoms with Crippen molar-refractivity contribution in [2.45, 2.75) is 18.6 Å². The molecule has 0 aromatic heterocycles. The van der Waals surface area contributed by atoms with Crippen molar-refractivity contribution in [1.29, 1.82) is 0 Å². The summed E-state index contributed by atoms with van der Waals surface area (Å²) in [6.07, 6.45) is -0.712. The van der Waals surface area contributed by atoms with Gasteiger partial charge < -0.3 is 24.5 Å². The zero-order valence-corrected chi connectivity index (χ0v) is 17.4. The van der Waals surface area contributed by atoms with E-state index in [0.29, 0.717) is 31.3 Å². The summed E-state index contributed by atoms with van der Waals surface area (Å²) in [4.78, 5) is 19.5. The summed E-state index contributed by atoms with van der Waals surface area (Å²) in [5.41, 5.74) is 0.865. The average Bonchev–Trinajstić information content (AvgIpc) is 3.13. The highest BCUT2D eigenvalue weighted by Gasteiger charge is 2.43. The summed E-state index contributed by atoms with van der Waals surface area (Å²) in [6.45, 7) is 1.25. The Kier molecular flexibility index (Phi) is 6.13. The molecule has 2 aromatic carbocycles. The van der Waals surface area contributed by atoms with E-state index in [1.54, 1.807) is 31.4 Å². The van der Waals surface area contributed by atoms with Gasteiger partial charge in [-0.25, -0.2) is 13.6 Å². The minimum absolute atomic E-state index is 0.0316. The number of hydrogen-bond acceptors (Lipinski definition) is 6. The average molecular weight is 452 g/mol. The minimum atomic E-state index is -0.751. The number of alkyl carbamates (subject to hydrolysis) is 1. The van der Waals surface area contributed by atoms with Gasteiger partial charge in [0.1, 0.15) is 36.6 Å². The molecule has 7 nitrogen and oxygen atoms in total. The number of carbonyl (C=O) groups excluding carboxylic acids is 1. The van der Waals surface area contributed by atoms with Crippen molar-refractivity contribution in [3.05, 3.63) is 64.2 Å². The molecule has 0 bridgehead atoms. The molecule has 2 atom stereocenters. The Morgan fingerprint density at radius 3 is 2.81 bits per heavy atom. The molecule has 2 heterocycles. The monoisotopic (exact) mass is 451 g/mol. The molecule has 0 radical (unpaired) electrons. The number of hydrogen-bond donors (Lipinski definition) is 1. The highest BCUT2D eigenvalue weighted by molar-refractivity contribution is 6.30. The first-order chi connectivity index (χ1) is 15.0. The summed E-state index contributed by atoms with van der Waals surface area (Å²) < 4.78 is 39.1. The molecule has 2 aliphatic rings. The van der Waals surface area contributed by atoms with Gasteiger partial charge in [0, 0.05) is 12.5 Å². The van der Waals surface area contributed by atoms with E-state index in [1.807, 2.05) is 4.90 Å². The Balaban J connectivity index is 1.51. The SMILES string of the molecule is COc1ccc(COC(=O)N[C@@H]2C3=NOCCN3C[C@H]2c2cc(F)c(Cl)cc2F)cc1. The van der Waals surface area contributed by atoms with Gasteiger partial charge in [0.2, 0.25) is 0 Å². The first-order valence-electron chi connectivity index (χ1n) is 9.61. The molecule has 1 fully saturated rings. The van der Waals surface area contributed by atoms with E-state index in [9.17, 15) is 13.6 Å². The summed E-state index contributed by atoms with van der Waals surface area (Å²) in [6, 6.07) is 8.30. The predicted molar refractivity (Wildman–Crippen MR) is 109 cm³/mol. The Labute approximate surface area is 182 Å². The van der Waals surface area contributed by atoms with Crippen LogP contribution in [0.25, 0.3) is 0 Å². The van der Waals surface area contributed by atoms with Gasteiger partial charge in [-0.1, -0.05) is 28.9 Å². The van der Waals surface area contributed by atoms with Gasteiger partial charge in [-0.05, 0) is 35.4 Å². The van der Waals surface area contributed by atoms with Crippen LogP contribution in [0.2, 0.25) is 5.02 Å². The Hall–Kier alpha value is -3.07. The topological polar surface area (TPSA) is 72.4 Å². The van der Waals surface area contributed by atoms with E-state index >= 15 is 0 Å². The van der Waals surface area contributed by atoms with E-state index in [4.69, 9.17) is 25.9 Å². The molecule has 2 aliphatic heterocycles. The zero-order valence-electron chi connectivity index (χ0n) is 16.6. The highest BCUT2D eigenvalue weighted by atomic mass is 35.5. The van der Waals surface area contributed by atoms with Crippen LogP contribution in [0.5, 0.6) is 5.75 Å². The number of nitrogens with zero attached hydrogens (tertiary/aromatic N) is 2. The lowest BCUT2D eigenvalue weighted by atomic mass is 9.93. The predicted octanol–water partition coefficient (Wildman–Crippen LogP) is 3.66. The van der Waals surface area contributed by atoms with Crippen LogP contribution in [0.15, 0.2) is 41.6 Å². The molecular formula is C21H20ClF2N3O4. The van der Waals surface area contributed by atoms with E-state index in [-0.39, 0.29) is 17.2 Å². The highest BCUT2D eigenvalue weighted by Crippen LogP contribution is 2.34. The number of benzene rings is 2. The number of ether oxygens (including phenoxy) is 2. The Morgan fingerprint density at radius 1 is 1.29 bits per heavy atom. The van der Waals surface area contributed by atoms with Crippen molar-refractivity contribution in [1.82, 2.24) is 10.2 Å². The molecule has 1 amide bonds. The molecule has 0 aliphatic carbocycles. The summed E-state index contributed by atoms with van der Waals surface area (Å²) in [7, 11) is 1.56. The second-order valence-electron chi connectivity index (χ2n) is 7.17. The normalized spacial score (nSPS) is 19.9. The zero-order chi connectivity index (χ0) is 22.0. The van der Waals surface area contributed by atoms with Gasteiger partial charge in [0.25, 0.3) is 0 Å². The van der Waals surface area contributed by atoms with Crippen LogP contribution in [0, 0.1) is 11.6 Å². The fourth-order valence-electron chi connectivity index (χ4n) is 3.70. The van der Waals surface area contributed by atoms with Crippen LogP contribution in [-0.2, 0) is 16.2 Å².